The van der Waals surface area contributed by atoms with Crippen LogP contribution < -0.4 is 0 Å². The summed E-state index contributed by atoms with van der Waals surface area (Å²) in [5, 5.41) is 5.50. The van der Waals surface area contributed by atoms with Gasteiger partial charge >= 0.3 is 0 Å². The standard InChI is InChI=1S/C16H16.C16H14/c1-11-3-7-15-13(9-11)5-6-14-10-12(2)4-8-16(14)15;1-11-13-7-3-5-9-15(13)12(2)16-10-6-4-8-14(11)16/h3-4,7-10H,5-6H2,1-2H3;3-10H,1-2H3. The zero-order valence-electron chi connectivity index (χ0n) is 19.5. The first-order valence-corrected chi connectivity index (χ1v) is 11.6. The molecule has 0 saturated heterocycles. The summed E-state index contributed by atoms with van der Waals surface area (Å²) in [6.07, 6.45) is 2.38. The average Bonchev–Trinajstić information content (AvgIpc) is 2.82. The maximum Gasteiger partial charge on any atom is -0.0146 e. The Bertz CT molecular complexity index is 1280. The third kappa shape index (κ3) is 3.60. The number of hydrogen-bond acceptors (Lipinski definition) is 0. The minimum Gasteiger partial charge on any atom is -0.0616 e. The van der Waals surface area contributed by atoms with E-state index in [0.717, 1.165) is 0 Å². The fourth-order valence-electron chi connectivity index (χ4n) is 5.22. The van der Waals surface area contributed by atoms with Gasteiger partial charge in [0.05, 0.1) is 0 Å². The second-order valence-corrected chi connectivity index (χ2v) is 9.16. The van der Waals surface area contributed by atoms with Crippen LogP contribution in [0.3, 0.4) is 0 Å². The van der Waals surface area contributed by atoms with E-state index in [1.807, 2.05) is 0 Å². The maximum atomic E-state index is 2.33. The molecule has 1 aliphatic rings. The number of benzene rings is 5. The number of aryl methyl sites for hydroxylation is 6. The van der Waals surface area contributed by atoms with Gasteiger partial charge in [-0.05, 0) is 95.5 Å². The predicted octanol–water partition coefficient (Wildman–Crippen LogP) is 8.68. The second kappa shape index (κ2) is 8.28. The zero-order chi connectivity index (χ0) is 22.2. The molecule has 5 aromatic rings. The van der Waals surface area contributed by atoms with Crippen molar-refractivity contribution in [2.75, 3.05) is 0 Å². The number of rotatable bonds is 0. The average molecular weight is 415 g/mol. The van der Waals surface area contributed by atoms with Crippen molar-refractivity contribution in [3.63, 3.8) is 0 Å². The van der Waals surface area contributed by atoms with Gasteiger partial charge < -0.3 is 0 Å². The number of hydrogen-bond donors (Lipinski definition) is 0. The topological polar surface area (TPSA) is 0 Å². The molecule has 0 amide bonds. The lowest BCUT2D eigenvalue weighted by molar-refractivity contribution is 0.937. The molecular weight excluding hydrogens is 384 g/mol. The molecule has 0 aromatic heterocycles. The van der Waals surface area contributed by atoms with Gasteiger partial charge in [0.2, 0.25) is 0 Å². The molecule has 0 unspecified atom stereocenters. The van der Waals surface area contributed by atoms with Crippen molar-refractivity contribution in [3.05, 3.63) is 118 Å². The van der Waals surface area contributed by atoms with Gasteiger partial charge in [0.1, 0.15) is 0 Å². The molecule has 0 nitrogen and oxygen atoms in total. The van der Waals surface area contributed by atoms with Crippen LogP contribution >= 0.6 is 0 Å². The first-order chi connectivity index (χ1) is 15.5. The van der Waals surface area contributed by atoms with Crippen LogP contribution in [-0.2, 0) is 12.8 Å². The summed E-state index contributed by atoms with van der Waals surface area (Å²) in [6.45, 7) is 8.77. The van der Waals surface area contributed by atoms with Crippen molar-refractivity contribution in [2.24, 2.45) is 0 Å². The monoisotopic (exact) mass is 414 g/mol. The van der Waals surface area contributed by atoms with Gasteiger partial charge in [-0.1, -0.05) is 96.1 Å². The molecule has 1 aliphatic carbocycles. The third-order valence-corrected chi connectivity index (χ3v) is 6.95. The van der Waals surface area contributed by atoms with Crippen molar-refractivity contribution in [2.45, 2.75) is 40.5 Å². The number of fused-ring (bicyclic) bond motifs is 5. The molecule has 0 fully saturated rings. The minimum atomic E-state index is 1.19. The van der Waals surface area contributed by atoms with Crippen LogP contribution in [0, 0.1) is 27.7 Å². The van der Waals surface area contributed by atoms with Crippen molar-refractivity contribution in [1.82, 2.24) is 0 Å². The van der Waals surface area contributed by atoms with E-state index >= 15 is 0 Å². The molecule has 0 atom stereocenters. The molecule has 0 spiro atoms. The van der Waals surface area contributed by atoms with Crippen molar-refractivity contribution >= 4 is 21.5 Å². The van der Waals surface area contributed by atoms with Gasteiger partial charge in [-0.15, -0.1) is 0 Å². The van der Waals surface area contributed by atoms with Crippen LogP contribution in [-0.4, -0.2) is 0 Å². The highest BCUT2D eigenvalue weighted by molar-refractivity contribution is 6.05. The summed E-state index contributed by atoms with van der Waals surface area (Å²) in [5.41, 5.74) is 11.4. The van der Waals surface area contributed by atoms with Crippen LogP contribution in [0.4, 0.5) is 0 Å². The van der Waals surface area contributed by atoms with E-state index in [4.69, 9.17) is 0 Å². The second-order valence-electron chi connectivity index (χ2n) is 9.16. The Balaban J connectivity index is 0.000000135. The molecular formula is C32H30. The zero-order valence-corrected chi connectivity index (χ0v) is 19.5. The van der Waals surface area contributed by atoms with Crippen molar-refractivity contribution in [3.8, 4) is 11.1 Å². The smallest absolute Gasteiger partial charge is 0.0146 e. The van der Waals surface area contributed by atoms with Gasteiger partial charge in [0.15, 0.2) is 0 Å². The molecule has 0 radical (unpaired) electrons. The first-order valence-electron chi connectivity index (χ1n) is 11.6. The van der Waals surface area contributed by atoms with Gasteiger partial charge in [-0.25, -0.2) is 0 Å². The quantitative estimate of drug-likeness (QED) is 0.222. The largest absolute Gasteiger partial charge is 0.0616 e. The van der Waals surface area contributed by atoms with Crippen molar-refractivity contribution in [1.29, 1.82) is 0 Å². The van der Waals surface area contributed by atoms with Crippen LogP contribution in [0.25, 0.3) is 32.7 Å². The summed E-state index contributed by atoms with van der Waals surface area (Å²) in [5.74, 6) is 0. The Morgan fingerprint density at radius 3 is 1.12 bits per heavy atom. The van der Waals surface area contributed by atoms with Crippen LogP contribution in [0.15, 0.2) is 84.9 Å². The van der Waals surface area contributed by atoms with E-state index in [1.165, 1.54) is 78.9 Å². The van der Waals surface area contributed by atoms with Crippen LogP contribution in [0.2, 0.25) is 0 Å². The first kappa shape index (κ1) is 20.5. The van der Waals surface area contributed by atoms with E-state index in [1.54, 1.807) is 0 Å². The maximum absolute atomic E-state index is 2.33. The van der Waals surface area contributed by atoms with Crippen molar-refractivity contribution < 1.29 is 0 Å². The summed E-state index contributed by atoms with van der Waals surface area (Å²) in [7, 11) is 0. The minimum absolute atomic E-state index is 1.19. The third-order valence-electron chi connectivity index (χ3n) is 6.95. The SMILES string of the molecule is Cc1c2ccccc2c(C)c2ccccc12.Cc1ccc2c(c1)CCc1cc(C)ccc1-2. The van der Waals surface area contributed by atoms with E-state index in [0.29, 0.717) is 0 Å². The Morgan fingerprint density at radius 2 is 0.781 bits per heavy atom. The summed E-state index contributed by atoms with van der Waals surface area (Å²) in [4.78, 5) is 0. The normalized spacial score (nSPS) is 12.1. The highest BCUT2D eigenvalue weighted by atomic mass is 14.2. The molecule has 32 heavy (non-hydrogen) atoms. The molecule has 6 rings (SSSR count). The highest BCUT2D eigenvalue weighted by Gasteiger charge is 2.15. The molecule has 0 heteroatoms. The highest BCUT2D eigenvalue weighted by Crippen LogP contribution is 2.34. The van der Waals surface area contributed by atoms with Gasteiger partial charge in [-0.3, -0.25) is 0 Å². The molecule has 0 bridgehead atoms. The lowest BCUT2D eigenvalue weighted by Gasteiger charge is -2.20. The molecule has 0 heterocycles. The lowest BCUT2D eigenvalue weighted by Crippen LogP contribution is -2.04. The van der Waals surface area contributed by atoms with E-state index in [2.05, 4.69) is 113 Å². The summed E-state index contributed by atoms with van der Waals surface area (Å²) in [6, 6.07) is 31.0. The fraction of sp³-hybridized carbons (Fsp3) is 0.188. The molecule has 0 aliphatic heterocycles. The molecule has 0 N–H and O–H groups in total. The lowest BCUT2D eigenvalue weighted by atomic mass is 9.84. The van der Waals surface area contributed by atoms with Crippen LogP contribution in [0.5, 0.6) is 0 Å². The fourth-order valence-corrected chi connectivity index (χ4v) is 5.22. The Hall–Kier alpha value is -3.38. The molecule has 5 aromatic carbocycles. The van der Waals surface area contributed by atoms with Gasteiger partial charge in [-0.2, -0.15) is 0 Å². The predicted molar refractivity (Wildman–Crippen MR) is 140 cm³/mol. The Morgan fingerprint density at radius 1 is 0.438 bits per heavy atom. The van der Waals surface area contributed by atoms with Gasteiger partial charge in [0, 0.05) is 0 Å². The van der Waals surface area contributed by atoms with E-state index < -0.39 is 0 Å². The van der Waals surface area contributed by atoms with Crippen LogP contribution in [0.1, 0.15) is 33.4 Å². The molecule has 0 saturated carbocycles. The van der Waals surface area contributed by atoms with Gasteiger partial charge in [0.25, 0.3) is 0 Å². The molecule has 158 valence electrons. The Kier molecular flexibility index (Phi) is 5.31. The summed E-state index contributed by atoms with van der Waals surface area (Å²) < 4.78 is 0. The van der Waals surface area contributed by atoms with E-state index in [9.17, 15) is 0 Å². The van der Waals surface area contributed by atoms with E-state index in [-0.39, 0.29) is 0 Å². The summed E-state index contributed by atoms with van der Waals surface area (Å²) >= 11 is 0. The Labute approximate surface area is 191 Å².